The first-order valence-electron chi connectivity index (χ1n) is 6.27. The van der Waals surface area contributed by atoms with Gasteiger partial charge in [-0.15, -0.1) is 24.8 Å². The molecule has 0 bridgehead atoms. The molecule has 2 aromatic rings. The van der Waals surface area contributed by atoms with Crippen molar-refractivity contribution in [2.24, 2.45) is 5.73 Å². The van der Waals surface area contributed by atoms with E-state index in [1.54, 1.807) is 0 Å². The molecule has 0 aliphatic heterocycles. The molecule has 0 aliphatic rings. The molecule has 1 aromatic heterocycles. The summed E-state index contributed by atoms with van der Waals surface area (Å²) in [6.45, 7) is 0.900. The first kappa shape index (κ1) is 16.8. The lowest BCUT2D eigenvalue weighted by atomic mass is 10.2. The molecule has 4 N–H and O–H groups in total. The van der Waals surface area contributed by atoms with E-state index in [2.05, 4.69) is 21.5 Å². The number of aromatic nitrogens is 1. The Morgan fingerprint density at radius 3 is 2.90 bits per heavy atom. The Hall–Kier alpha value is -2.23. The van der Waals surface area contributed by atoms with E-state index in [-0.39, 0.29) is 24.7 Å². The van der Waals surface area contributed by atoms with Crippen molar-refractivity contribution in [3.8, 4) is 12.3 Å². The highest BCUT2D eigenvalue weighted by Crippen LogP contribution is 2.17. The number of oxazole rings is 1. The summed E-state index contributed by atoms with van der Waals surface area (Å²) in [4.78, 5) is 15.7. The Kier molecular flexibility index (Phi) is 6.53. The Balaban J connectivity index is 0.00000220. The van der Waals surface area contributed by atoms with E-state index in [4.69, 9.17) is 16.6 Å². The summed E-state index contributed by atoms with van der Waals surface area (Å²) in [5.74, 6) is 2.09. The number of hydrogen-bond donors (Lipinski definition) is 3. The minimum absolute atomic E-state index is 0. The van der Waals surface area contributed by atoms with Gasteiger partial charge in [0.1, 0.15) is 5.52 Å². The van der Waals surface area contributed by atoms with Crippen LogP contribution in [0.2, 0.25) is 0 Å². The maximum absolute atomic E-state index is 11.5. The van der Waals surface area contributed by atoms with Crippen LogP contribution in [-0.2, 0) is 4.79 Å². The Morgan fingerprint density at radius 2 is 2.19 bits per heavy atom. The van der Waals surface area contributed by atoms with Crippen LogP contribution in [0, 0.1) is 12.3 Å². The highest BCUT2D eigenvalue weighted by molar-refractivity contribution is 5.85. The summed E-state index contributed by atoms with van der Waals surface area (Å²) < 4.78 is 5.47. The fraction of sp³-hybridized carbons (Fsp3) is 0.286. The van der Waals surface area contributed by atoms with Gasteiger partial charge in [0.05, 0.1) is 6.04 Å². The molecular weight excluding hydrogens is 292 g/mol. The number of nitrogens with one attached hydrogen (secondary N) is 2. The molecule has 1 amide bonds. The Labute approximate surface area is 128 Å². The van der Waals surface area contributed by atoms with Gasteiger partial charge in [-0.3, -0.25) is 4.79 Å². The molecule has 7 heteroatoms. The van der Waals surface area contributed by atoms with Gasteiger partial charge in [-0.05, 0) is 12.1 Å². The molecule has 0 fully saturated rings. The summed E-state index contributed by atoms with van der Waals surface area (Å²) in [7, 11) is 0. The van der Waals surface area contributed by atoms with Crippen LogP contribution in [0.25, 0.3) is 11.1 Å². The number of rotatable bonds is 6. The van der Waals surface area contributed by atoms with Crippen molar-refractivity contribution < 1.29 is 9.21 Å². The van der Waals surface area contributed by atoms with Gasteiger partial charge in [0.25, 0.3) is 6.01 Å². The van der Waals surface area contributed by atoms with Crippen LogP contribution in [0.5, 0.6) is 0 Å². The van der Waals surface area contributed by atoms with Gasteiger partial charge in [-0.25, -0.2) is 0 Å². The molecule has 1 atom stereocenters. The smallest absolute Gasteiger partial charge is 0.295 e. The number of carbonyl (C=O) groups excluding carboxylic acids is 1. The molecule has 0 saturated heterocycles. The van der Waals surface area contributed by atoms with Crippen molar-refractivity contribution in [1.82, 2.24) is 10.3 Å². The number of nitrogens with zero attached hydrogens (tertiary/aromatic N) is 1. The van der Waals surface area contributed by atoms with Crippen LogP contribution >= 0.6 is 12.4 Å². The zero-order valence-corrected chi connectivity index (χ0v) is 12.2. The number of terminal acetylenes is 1. The van der Waals surface area contributed by atoms with Crippen LogP contribution in [0.15, 0.2) is 28.7 Å². The van der Waals surface area contributed by atoms with E-state index in [9.17, 15) is 4.79 Å². The van der Waals surface area contributed by atoms with E-state index < -0.39 is 6.04 Å². The predicted octanol–water partition coefficient (Wildman–Crippen LogP) is 1.13. The van der Waals surface area contributed by atoms with Gasteiger partial charge < -0.3 is 20.8 Å². The number of carbonyl (C=O) groups is 1. The number of amides is 1. The van der Waals surface area contributed by atoms with Gasteiger partial charge in [-0.2, -0.15) is 4.98 Å². The molecule has 0 spiro atoms. The normalized spacial score (nSPS) is 11.2. The zero-order chi connectivity index (χ0) is 14.4. The number of halogens is 1. The lowest BCUT2D eigenvalue weighted by molar-refractivity contribution is -0.122. The molecule has 0 radical (unpaired) electrons. The summed E-state index contributed by atoms with van der Waals surface area (Å²) in [5.41, 5.74) is 7.07. The third-order valence-electron chi connectivity index (χ3n) is 2.67. The standard InChI is InChI=1S/C14H16N4O2.ClH/c1-2-5-10(15)13(19)16-8-9-17-14-18-11-6-3-4-7-12(11)20-14;/h1,3-4,6-7,10H,5,8-9,15H2,(H,16,19)(H,17,18);1H/t10-;/m0./s1. The molecule has 2 rings (SSSR count). The first-order valence-corrected chi connectivity index (χ1v) is 6.27. The predicted molar refractivity (Wildman–Crippen MR) is 84.2 cm³/mol. The molecular formula is C14H17ClN4O2. The van der Waals surface area contributed by atoms with Crippen molar-refractivity contribution >= 4 is 35.4 Å². The maximum Gasteiger partial charge on any atom is 0.295 e. The van der Waals surface area contributed by atoms with E-state index >= 15 is 0 Å². The van der Waals surface area contributed by atoms with Gasteiger partial charge in [0, 0.05) is 19.5 Å². The lowest BCUT2D eigenvalue weighted by Crippen LogP contribution is -2.41. The van der Waals surface area contributed by atoms with Gasteiger partial charge in [0.15, 0.2) is 5.58 Å². The number of anilines is 1. The highest BCUT2D eigenvalue weighted by atomic mass is 35.5. The van der Waals surface area contributed by atoms with E-state index in [1.807, 2.05) is 24.3 Å². The van der Waals surface area contributed by atoms with Gasteiger partial charge >= 0.3 is 0 Å². The van der Waals surface area contributed by atoms with Crippen LogP contribution in [0.3, 0.4) is 0 Å². The number of para-hydroxylation sites is 2. The Morgan fingerprint density at radius 1 is 1.43 bits per heavy atom. The summed E-state index contributed by atoms with van der Waals surface area (Å²) in [6, 6.07) is 7.24. The molecule has 1 heterocycles. The van der Waals surface area contributed by atoms with E-state index in [1.165, 1.54) is 0 Å². The van der Waals surface area contributed by atoms with Crippen LogP contribution in [0.1, 0.15) is 6.42 Å². The van der Waals surface area contributed by atoms with E-state index in [0.717, 1.165) is 11.1 Å². The monoisotopic (exact) mass is 308 g/mol. The second-order valence-corrected chi connectivity index (χ2v) is 4.22. The minimum atomic E-state index is -0.663. The second-order valence-electron chi connectivity index (χ2n) is 4.22. The fourth-order valence-corrected chi connectivity index (χ4v) is 1.65. The van der Waals surface area contributed by atoms with Crippen molar-refractivity contribution in [3.63, 3.8) is 0 Å². The lowest BCUT2D eigenvalue weighted by Gasteiger charge is -2.09. The fourth-order valence-electron chi connectivity index (χ4n) is 1.65. The van der Waals surface area contributed by atoms with E-state index in [0.29, 0.717) is 19.1 Å². The average Bonchev–Trinajstić information content (AvgIpc) is 2.86. The molecule has 1 aromatic carbocycles. The topological polar surface area (TPSA) is 93.2 Å². The molecule has 0 aliphatic carbocycles. The number of hydrogen-bond acceptors (Lipinski definition) is 5. The molecule has 0 saturated carbocycles. The van der Waals surface area contributed by atoms with Crippen molar-refractivity contribution in [2.75, 3.05) is 18.4 Å². The minimum Gasteiger partial charge on any atom is -0.424 e. The van der Waals surface area contributed by atoms with Gasteiger partial charge in [0.2, 0.25) is 5.91 Å². The second kappa shape index (κ2) is 8.15. The first-order chi connectivity index (χ1) is 9.70. The number of benzene rings is 1. The van der Waals surface area contributed by atoms with Gasteiger partial charge in [-0.1, -0.05) is 12.1 Å². The average molecular weight is 309 g/mol. The van der Waals surface area contributed by atoms with Crippen LogP contribution in [0.4, 0.5) is 6.01 Å². The summed E-state index contributed by atoms with van der Waals surface area (Å²) in [5, 5.41) is 5.67. The van der Waals surface area contributed by atoms with Crippen LogP contribution < -0.4 is 16.4 Å². The molecule has 21 heavy (non-hydrogen) atoms. The molecule has 6 nitrogen and oxygen atoms in total. The van der Waals surface area contributed by atoms with Crippen molar-refractivity contribution in [1.29, 1.82) is 0 Å². The third-order valence-corrected chi connectivity index (χ3v) is 2.67. The zero-order valence-electron chi connectivity index (χ0n) is 11.3. The maximum atomic E-state index is 11.5. The number of nitrogens with two attached hydrogens (primary N) is 1. The third kappa shape index (κ3) is 4.67. The van der Waals surface area contributed by atoms with Crippen molar-refractivity contribution in [2.45, 2.75) is 12.5 Å². The highest BCUT2D eigenvalue weighted by Gasteiger charge is 2.10. The van der Waals surface area contributed by atoms with Crippen molar-refractivity contribution in [3.05, 3.63) is 24.3 Å². The molecule has 112 valence electrons. The summed E-state index contributed by atoms with van der Waals surface area (Å²) >= 11 is 0. The number of fused-ring (bicyclic) bond motifs is 1. The molecule has 0 unspecified atom stereocenters. The van der Waals surface area contributed by atoms with Crippen LogP contribution in [-0.4, -0.2) is 30.0 Å². The largest absolute Gasteiger partial charge is 0.424 e. The Bertz CT molecular complexity index is 602. The quantitative estimate of drug-likeness (QED) is 0.549. The SMILES string of the molecule is C#CC[C@H](N)C(=O)NCCNc1nc2ccccc2o1.Cl. The summed E-state index contributed by atoms with van der Waals surface area (Å²) in [6.07, 6.45) is 5.32.